The van der Waals surface area contributed by atoms with Crippen LogP contribution in [0.3, 0.4) is 0 Å². The predicted molar refractivity (Wildman–Crippen MR) is 118 cm³/mol. The molecule has 1 aliphatic heterocycles. The lowest BCUT2D eigenvalue weighted by Gasteiger charge is -2.25. The van der Waals surface area contributed by atoms with Gasteiger partial charge in [0, 0.05) is 28.6 Å². The quantitative estimate of drug-likeness (QED) is 0.614. The molecular formula is C20H20Cl3N5O3. The van der Waals surface area contributed by atoms with Crippen LogP contribution in [0.25, 0.3) is 10.9 Å². The molecule has 4 rings (SSSR count). The molecule has 1 aliphatic carbocycles. The first-order valence-corrected chi connectivity index (χ1v) is 10.8. The number of carbonyl (C=O) groups excluding carboxylic acids is 3. The van der Waals surface area contributed by atoms with Crippen LogP contribution in [0.2, 0.25) is 5.02 Å². The fourth-order valence-electron chi connectivity index (χ4n) is 3.87. The smallest absolute Gasteiger partial charge is 0.269 e. The minimum Gasteiger partial charge on any atom is -0.364 e. The summed E-state index contributed by atoms with van der Waals surface area (Å²) in [5.41, 5.74) is 5.97. The summed E-state index contributed by atoms with van der Waals surface area (Å²) in [6, 6.07) is 3.95. The number of nitrogens with two attached hydrogens (primary N) is 1. The van der Waals surface area contributed by atoms with Crippen molar-refractivity contribution in [3.8, 4) is 0 Å². The van der Waals surface area contributed by atoms with Gasteiger partial charge < -0.3 is 16.0 Å². The summed E-state index contributed by atoms with van der Waals surface area (Å²) in [4.78, 5) is 38.9. The molecule has 0 saturated heterocycles. The van der Waals surface area contributed by atoms with Gasteiger partial charge in [-0.25, -0.2) is 0 Å². The number of benzene rings is 1. The Balaban J connectivity index is 1.50. The SMILES string of the molecule is C[C@@H](NC(=O)[C@@H]1CC=CN1C(=O)Cn1nc(C(N)=O)c2ccc(Cl)cc21)[C@H]1CC1(Cl)Cl. The van der Waals surface area contributed by atoms with E-state index in [0.29, 0.717) is 28.8 Å². The second-order valence-corrected chi connectivity index (χ2v) is 9.82. The molecule has 1 saturated carbocycles. The third-order valence-corrected chi connectivity index (χ3v) is 6.74. The topological polar surface area (TPSA) is 110 Å². The van der Waals surface area contributed by atoms with Gasteiger partial charge in [-0.05, 0) is 38.0 Å². The number of alkyl halides is 2. The van der Waals surface area contributed by atoms with Crippen LogP contribution >= 0.6 is 34.8 Å². The van der Waals surface area contributed by atoms with Crippen LogP contribution in [0, 0.1) is 5.92 Å². The largest absolute Gasteiger partial charge is 0.364 e. The molecule has 0 radical (unpaired) electrons. The molecule has 0 bridgehead atoms. The Morgan fingerprint density at radius 1 is 1.35 bits per heavy atom. The van der Waals surface area contributed by atoms with Crippen LogP contribution in [0.4, 0.5) is 0 Å². The van der Waals surface area contributed by atoms with Gasteiger partial charge in [-0.2, -0.15) is 5.10 Å². The van der Waals surface area contributed by atoms with E-state index in [-0.39, 0.29) is 36.0 Å². The number of nitrogens with one attached hydrogen (secondary N) is 1. The van der Waals surface area contributed by atoms with E-state index in [2.05, 4.69) is 10.4 Å². The van der Waals surface area contributed by atoms with Gasteiger partial charge in [0.25, 0.3) is 5.91 Å². The van der Waals surface area contributed by atoms with E-state index in [1.165, 1.54) is 9.58 Å². The molecule has 1 fully saturated rings. The zero-order valence-corrected chi connectivity index (χ0v) is 18.8. The maximum absolute atomic E-state index is 13.0. The second-order valence-electron chi connectivity index (χ2n) is 7.84. The average Bonchev–Trinajstić information content (AvgIpc) is 3.06. The van der Waals surface area contributed by atoms with Gasteiger partial charge in [-0.3, -0.25) is 19.1 Å². The van der Waals surface area contributed by atoms with Crippen molar-refractivity contribution >= 4 is 63.4 Å². The van der Waals surface area contributed by atoms with Crippen LogP contribution in [-0.4, -0.2) is 48.8 Å². The molecule has 0 spiro atoms. The van der Waals surface area contributed by atoms with Gasteiger partial charge in [0.2, 0.25) is 11.8 Å². The standard InChI is InChI=1S/C20H20Cl3N5O3/c1-10(13-8-20(13,22)23)25-19(31)14-3-2-6-27(14)16(29)9-28-15-7-11(21)4-5-12(15)17(26-28)18(24)30/h2,4-7,10,13-14H,3,8-9H2,1H3,(H2,24,30)(H,25,31)/t10-,13-,14+/m1/s1. The van der Waals surface area contributed by atoms with Crippen LogP contribution in [0.15, 0.2) is 30.5 Å². The molecule has 8 nitrogen and oxygen atoms in total. The summed E-state index contributed by atoms with van der Waals surface area (Å²) in [7, 11) is 0. The Hall–Kier alpha value is -2.29. The van der Waals surface area contributed by atoms with E-state index in [4.69, 9.17) is 40.5 Å². The van der Waals surface area contributed by atoms with Gasteiger partial charge in [-0.1, -0.05) is 17.7 Å². The summed E-state index contributed by atoms with van der Waals surface area (Å²) < 4.78 is 0.559. The Labute approximate surface area is 193 Å². The van der Waals surface area contributed by atoms with Crippen LogP contribution in [0.5, 0.6) is 0 Å². The summed E-state index contributed by atoms with van der Waals surface area (Å²) >= 11 is 18.2. The van der Waals surface area contributed by atoms with Crippen LogP contribution in [-0.2, 0) is 16.1 Å². The number of carbonyl (C=O) groups is 3. The maximum atomic E-state index is 13.0. The third kappa shape index (κ3) is 4.24. The first-order chi connectivity index (χ1) is 14.6. The number of nitrogens with zero attached hydrogens (tertiary/aromatic N) is 3. The van der Waals surface area contributed by atoms with E-state index >= 15 is 0 Å². The van der Waals surface area contributed by atoms with Gasteiger partial charge in [0.05, 0.1) is 5.52 Å². The molecule has 31 heavy (non-hydrogen) atoms. The fraction of sp³-hybridized carbons (Fsp3) is 0.400. The Morgan fingerprint density at radius 3 is 2.71 bits per heavy atom. The van der Waals surface area contributed by atoms with E-state index in [1.807, 2.05) is 6.92 Å². The molecule has 3 amide bonds. The number of hydrogen-bond acceptors (Lipinski definition) is 4. The second kappa shape index (κ2) is 8.00. The van der Waals surface area contributed by atoms with E-state index < -0.39 is 16.3 Å². The lowest BCUT2D eigenvalue weighted by molar-refractivity contribution is -0.137. The number of hydrogen-bond donors (Lipinski definition) is 2. The zero-order valence-electron chi connectivity index (χ0n) is 16.5. The highest BCUT2D eigenvalue weighted by Gasteiger charge is 2.54. The van der Waals surface area contributed by atoms with Crippen molar-refractivity contribution < 1.29 is 14.4 Å². The first kappa shape index (κ1) is 21.9. The number of aromatic nitrogens is 2. The van der Waals surface area contributed by atoms with Crippen molar-refractivity contribution in [2.24, 2.45) is 11.7 Å². The molecule has 2 aromatic rings. The molecule has 2 heterocycles. The predicted octanol–water partition coefficient (Wildman–Crippen LogP) is 2.60. The third-order valence-electron chi connectivity index (χ3n) is 5.63. The number of halogens is 3. The lowest BCUT2D eigenvalue weighted by atomic mass is 10.1. The number of primary amides is 1. The van der Waals surface area contributed by atoms with Crippen molar-refractivity contribution in [2.75, 3.05) is 0 Å². The van der Waals surface area contributed by atoms with Gasteiger partial charge in [0.1, 0.15) is 16.9 Å². The summed E-state index contributed by atoms with van der Waals surface area (Å²) in [6.07, 6.45) is 4.33. The highest BCUT2D eigenvalue weighted by Crippen LogP contribution is 2.54. The number of fused-ring (bicyclic) bond motifs is 1. The zero-order chi connectivity index (χ0) is 22.5. The monoisotopic (exact) mass is 483 g/mol. The molecule has 2 aliphatic rings. The van der Waals surface area contributed by atoms with Gasteiger partial charge in [0.15, 0.2) is 5.69 Å². The number of amides is 3. The van der Waals surface area contributed by atoms with Crippen molar-refractivity contribution in [3.63, 3.8) is 0 Å². The highest BCUT2D eigenvalue weighted by molar-refractivity contribution is 6.51. The fourth-order valence-corrected chi connectivity index (χ4v) is 4.75. The van der Waals surface area contributed by atoms with Gasteiger partial charge in [-0.15, -0.1) is 23.2 Å². The van der Waals surface area contributed by atoms with Crippen LogP contribution < -0.4 is 11.1 Å². The van der Waals surface area contributed by atoms with Gasteiger partial charge >= 0.3 is 0 Å². The maximum Gasteiger partial charge on any atom is 0.269 e. The Bertz CT molecular complexity index is 1110. The summed E-state index contributed by atoms with van der Waals surface area (Å²) in [6.45, 7) is 1.65. The van der Waals surface area contributed by atoms with Crippen molar-refractivity contribution in [2.45, 2.75) is 42.7 Å². The van der Waals surface area contributed by atoms with E-state index in [9.17, 15) is 14.4 Å². The molecular weight excluding hydrogens is 465 g/mol. The molecule has 11 heteroatoms. The molecule has 1 aromatic carbocycles. The summed E-state index contributed by atoms with van der Waals surface area (Å²) in [5.74, 6) is -1.38. The lowest BCUT2D eigenvalue weighted by Crippen LogP contribution is -2.48. The molecule has 3 atom stereocenters. The van der Waals surface area contributed by atoms with Crippen molar-refractivity contribution in [3.05, 3.63) is 41.2 Å². The van der Waals surface area contributed by atoms with E-state index in [1.54, 1.807) is 30.5 Å². The van der Waals surface area contributed by atoms with Crippen molar-refractivity contribution in [1.82, 2.24) is 20.0 Å². The molecule has 164 valence electrons. The summed E-state index contributed by atoms with van der Waals surface area (Å²) in [5, 5.41) is 8.02. The normalized spacial score (nSPS) is 22.5. The molecule has 3 N–H and O–H groups in total. The van der Waals surface area contributed by atoms with E-state index in [0.717, 1.165) is 0 Å². The Kier molecular flexibility index (Phi) is 5.66. The Morgan fingerprint density at radius 2 is 2.06 bits per heavy atom. The average molecular weight is 485 g/mol. The minimum atomic E-state index is -0.809. The molecule has 0 unspecified atom stereocenters. The minimum absolute atomic E-state index is 0.0225. The highest BCUT2D eigenvalue weighted by atomic mass is 35.5. The number of rotatable bonds is 6. The van der Waals surface area contributed by atoms with Crippen LogP contribution in [0.1, 0.15) is 30.3 Å². The molecule has 1 aromatic heterocycles. The van der Waals surface area contributed by atoms with Crippen molar-refractivity contribution in [1.29, 1.82) is 0 Å². The first-order valence-electron chi connectivity index (χ1n) is 9.70.